The van der Waals surface area contributed by atoms with Gasteiger partial charge in [0.15, 0.2) is 0 Å². The van der Waals surface area contributed by atoms with E-state index in [4.69, 9.17) is 4.74 Å². The largest absolute Gasteiger partial charge is 0.426 e. The third-order valence-electron chi connectivity index (χ3n) is 3.90. The van der Waals surface area contributed by atoms with Gasteiger partial charge in [-0.05, 0) is 55.7 Å². The maximum absolute atomic E-state index is 12.0. The van der Waals surface area contributed by atoms with Gasteiger partial charge in [0.05, 0.1) is 5.92 Å². The lowest BCUT2D eigenvalue weighted by atomic mass is 9.83. The molecule has 0 unspecified atom stereocenters. The van der Waals surface area contributed by atoms with Gasteiger partial charge in [0, 0.05) is 0 Å². The lowest BCUT2D eigenvalue weighted by Gasteiger charge is -2.24. The highest BCUT2D eigenvalue weighted by molar-refractivity contribution is 5.75. The molecule has 1 aliphatic rings. The molecular weight excluding hydrogens is 240 g/mol. The standard InChI is InChI=1S/C16H22O2.H2O/c1-3-13-6-10-15(11-7-13)18-16(17)14-8-4-12(2)5-9-14;/h6-7,10-12,14H,3-5,8-9H2,1-2H3;1H2. The number of aryl methyl sites for hydroxylation is 1. The van der Waals surface area contributed by atoms with Crippen LogP contribution in [0.25, 0.3) is 0 Å². The highest BCUT2D eigenvalue weighted by Crippen LogP contribution is 2.29. The molecule has 0 atom stereocenters. The monoisotopic (exact) mass is 264 g/mol. The Morgan fingerprint density at radius 2 is 1.74 bits per heavy atom. The third-order valence-corrected chi connectivity index (χ3v) is 3.90. The van der Waals surface area contributed by atoms with E-state index in [0.29, 0.717) is 5.75 Å². The normalized spacial score (nSPS) is 22.4. The molecule has 0 heterocycles. The van der Waals surface area contributed by atoms with Crippen LogP contribution >= 0.6 is 0 Å². The summed E-state index contributed by atoms with van der Waals surface area (Å²) in [5, 5.41) is 0. The number of carbonyl (C=O) groups is 1. The van der Waals surface area contributed by atoms with E-state index in [9.17, 15) is 4.79 Å². The second-order valence-electron chi connectivity index (χ2n) is 5.38. The smallest absolute Gasteiger partial charge is 0.314 e. The van der Waals surface area contributed by atoms with Crippen molar-refractivity contribution in [3.8, 4) is 5.75 Å². The highest BCUT2D eigenvalue weighted by atomic mass is 16.5. The molecule has 0 aromatic heterocycles. The zero-order valence-corrected chi connectivity index (χ0v) is 11.8. The van der Waals surface area contributed by atoms with Crippen molar-refractivity contribution < 1.29 is 15.0 Å². The zero-order chi connectivity index (χ0) is 13.0. The van der Waals surface area contributed by atoms with E-state index in [-0.39, 0.29) is 17.4 Å². The number of hydrogen-bond acceptors (Lipinski definition) is 2. The number of ether oxygens (including phenoxy) is 1. The van der Waals surface area contributed by atoms with E-state index in [1.54, 1.807) is 0 Å². The lowest BCUT2D eigenvalue weighted by molar-refractivity contribution is -0.140. The Labute approximate surface area is 115 Å². The highest BCUT2D eigenvalue weighted by Gasteiger charge is 2.25. The third kappa shape index (κ3) is 4.35. The SMILES string of the molecule is CCc1ccc(OC(=O)C2CCC(C)CC2)cc1.O. The van der Waals surface area contributed by atoms with Gasteiger partial charge in [0.1, 0.15) is 5.75 Å². The van der Waals surface area contributed by atoms with Crippen LogP contribution in [0, 0.1) is 11.8 Å². The molecule has 1 aromatic rings. The molecule has 0 spiro atoms. The maximum Gasteiger partial charge on any atom is 0.314 e. The molecule has 2 N–H and O–H groups in total. The van der Waals surface area contributed by atoms with Crippen LogP contribution in [0.1, 0.15) is 45.1 Å². The van der Waals surface area contributed by atoms with Gasteiger partial charge in [-0.1, -0.05) is 26.0 Å². The zero-order valence-electron chi connectivity index (χ0n) is 11.8. The van der Waals surface area contributed by atoms with E-state index < -0.39 is 0 Å². The van der Waals surface area contributed by atoms with Crippen LogP contribution in [0.5, 0.6) is 5.75 Å². The molecule has 3 nitrogen and oxygen atoms in total. The summed E-state index contributed by atoms with van der Waals surface area (Å²) in [4.78, 5) is 12.0. The average Bonchev–Trinajstić information content (AvgIpc) is 2.40. The molecule has 106 valence electrons. The Morgan fingerprint density at radius 3 is 2.26 bits per heavy atom. The molecule has 3 heteroatoms. The van der Waals surface area contributed by atoms with Crippen LogP contribution in [-0.4, -0.2) is 11.4 Å². The van der Waals surface area contributed by atoms with Crippen LogP contribution < -0.4 is 4.74 Å². The average molecular weight is 264 g/mol. The van der Waals surface area contributed by atoms with E-state index in [1.807, 2.05) is 24.3 Å². The summed E-state index contributed by atoms with van der Waals surface area (Å²) >= 11 is 0. The molecule has 0 bridgehead atoms. The summed E-state index contributed by atoms with van der Waals surface area (Å²) in [5.74, 6) is 1.49. The molecule has 2 rings (SSSR count). The van der Waals surface area contributed by atoms with Gasteiger partial charge in [0.25, 0.3) is 0 Å². The fraction of sp³-hybridized carbons (Fsp3) is 0.562. The van der Waals surface area contributed by atoms with Gasteiger partial charge in [-0.15, -0.1) is 0 Å². The summed E-state index contributed by atoms with van der Waals surface area (Å²) < 4.78 is 5.45. The van der Waals surface area contributed by atoms with Gasteiger partial charge in [-0.2, -0.15) is 0 Å². The number of rotatable bonds is 3. The minimum atomic E-state index is -0.0499. The second kappa shape index (κ2) is 7.29. The van der Waals surface area contributed by atoms with Crippen LogP contribution in [0.4, 0.5) is 0 Å². The fourth-order valence-corrected chi connectivity index (χ4v) is 2.49. The van der Waals surface area contributed by atoms with Gasteiger partial charge >= 0.3 is 5.97 Å². The molecule has 0 saturated heterocycles. The predicted molar refractivity (Wildman–Crippen MR) is 76.2 cm³/mol. The van der Waals surface area contributed by atoms with Crippen molar-refractivity contribution in [2.24, 2.45) is 11.8 Å². The quantitative estimate of drug-likeness (QED) is 0.622. The van der Waals surface area contributed by atoms with Crippen LogP contribution in [0.2, 0.25) is 0 Å². The topological polar surface area (TPSA) is 57.8 Å². The summed E-state index contributed by atoms with van der Waals surface area (Å²) in [7, 11) is 0. The van der Waals surface area contributed by atoms with Gasteiger partial charge < -0.3 is 10.2 Å². The molecule has 1 fully saturated rings. The molecule has 0 amide bonds. The summed E-state index contributed by atoms with van der Waals surface area (Å²) in [6.07, 6.45) is 5.26. The van der Waals surface area contributed by atoms with Crippen LogP contribution in [0.15, 0.2) is 24.3 Å². The Kier molecular flexibility index (Phi) is 6.03. The molecule has 1 saturated carbocycles. The Balaban J connectivity index is 0.00000180. The maximum atomic E-state index is 12.0. The molecule has 19 heavy (non-hydrogen) atoms. The Morgan fingerprint density at radius 1 is 1.16 bits per heavy atom. The lowest BCUT2D eigenvalue weighted by Crippen LogP contribution is -2.24. The van der Waals surface area contributed by atoms with E-state index in [0.717, 1.165) is 38.0 Å². The Hall–Kier alpha value is -1.35. The first-order valence-corrected chi connectivity index (χ1v) is 6.99. The Bertz CT molecular complexity index is 389. The van der Waals surface area contributed by atoms with Gasteiger partial charge in [-0.3, -0.25) is 4.79 Å². The van der Waals surface area contributed by atoms with Crippen LogP contribution in [-0.2, 0) is 11.2 Å². The first kappa shape index (κ1) is 15.7. The van der Waals surface area contributed by atoms with Crippen molar-refractivity contribution in [2.45, 2.75) is 46.0 Å². The van der Waals surface area contributed by atoms with Crippen molar-refractivity contribution in [3.63, 3.8) is 0 Å². The van der Waals surface area contributed by atoms with Crippen molar-refractivity contribution in [1.82, 2.24) is 0 Å². The molecule has 1 aromatic carbocycles. The summed E-state index contributed by atoms with van der Waals surface area (Å²) in [5.41, 5.74) is 1.27. The van der Waals surface area contributed by atoms with Crippen molar-refractivity contribution in [2.75, 3.05) is 0 Å². The number of carbonyl (C=O) groups excluding carboxylic acids is 1. The van der Waals surface area contributed by atoms with Gasteiger partial charge in [-0.25, -0.2) is 0 Å². The summed E-state index contributed by atoms with van der Waals surface area (Å²) in [6.45, 7) is 4.37. The van der Waals surface area contributed by atoms with E-state index >= 15 is 0 Å². The minimum absolute atomic E-state index is 0. The first-order valence-electron chi connectivity index (χ1n) is 6.99. The van der Waals surface area contributed by atoms with Crippen molar-refractivity contribution in [1.29, 1.82) is 0 Å². The van der Waals surface area contributed by atoms with E-state index in [1.165, 1.54) is 5.56 Å². The second-order valence-corrected chi connectivity index (χ2v) is 5.38. The minimum Gasteiger partial charge on any atom is -0.426 e. The molecule has 0 aliphatic heterocycles. The van der Waals surface area contributed by atoms with Crippen molar-refractivity contribution >= 4 is 5.97 Å². The predicted octanol–water partition coefficient (Wildman–Crippen LogP) is 3.16. The number of esters is 1. The number of hydrogen-bond donors (Lipinski definition) is 0. The molecular formula is C16H24O3. The van der Waals surface area contributed by atoms with E-state index in [2.05, 4.69) is 13.8 Å². The van der Waals surface area contributed by atoms with Gasteiger partial charge in [0.2, 0.25) is 0 Å². The first-order chi connectivity index (χ1) is 8.69. The molecule has 0 radical (unpaired) electrons. The number of benzene rings is 1. The fourth-order valence-electron chi connectivity index (χ4n) is 2.49. The van der Waals surface area contributed by atoms with Crippen LogP contribution in [0.3, 0.4) is 0 Å². The summed E-state index contributed by atoms with van der Waals surface area (Å²) in [6, 6.07) is 7.82. The van der Waals surface area contributed by atoms with Crippen molar-refractivity contribution in [3.05, 3.63) is 29.8 Å². The molecule has 1 aliphatic carbocycles.